The number of fused-ring (bicyclic) bond motifs is 1. The Labute approximate surface area is 160 Å². The SMILES string of the molecule is Cc1ccc(C)c(S(=O)(=O)N2CCN(Cc3c[nH]c4ccccc34)CC2)c1. The summed E-state index contributed by atoms with van der Waals surface area (Å²) >= 11 is 0. The molecule has 1 fully saturated rings. The average Bonchev–Trinajstić information content (AvgIpc) is 3.07. The number of hydrogen-bond acceptors (Lipinski definition) is 3. The molecule has 2 heterocycles. The molecule has 27 heavy (non-hydrogen) atoms. The number of H-pyrrole nitrogens is 1. The summed E-state index contributed by atoms with van der Waals surface area (Å²) in [6.07, 6.45) is 2.06. The maximum absolute atomic E-state index is 13.1. The van der Waals surface area contributed by atoms with Crippen LogP contribution in [0, 0.1) is 13.8 Å². The van der Waals surface area contributed by atoms with E-state index in [-0.39, 0.29) is 0 Å². The molecule has 0 amide bonds. The molecule has 0 atom stereocenters. The number of nitrogens with zero attached hydrogens (tertiary/aromatic N) is 2. The van der Waals surface area contributed by atoms with Gasteiger partial charge in [0.15, 0.2) is 0 Å². The topological polar surface area (TPSA) is 56.4 Å². The standard InChI is InChI=1S/C21H25N3O2S/c1-16-7-8-17(2)21(13-16)27(25,26)24-11-9-23(10-12-24)15-18-14-22-20-6-4-3-5-19(18)20/h3-8,13-14,22H,9-12,15H2,1-2H3. The Morgan fingerprint density at radius 3 is 2.52 bits per heavy atom. The lowest BCUT2D eigenvalue weighted by Crippen LogP contribution is -2.48. The summed E-state index contributed by atoms with van der Waals surface area (Å²) in [5, 5.41) is 1.24. The largest absolute Gasteiger partial charge is 0.361 e. The second-order valence-electron chi connectivity index (χ2n) is 7.31. The van der Waals surface area contributed by atoms with Crippen molar-refractivity contribution in [2.75, 3.05) is 26.2 Å². The van der Waals surface area contributed by atoms with Crippen LogP contribution in [-0.2, 0) is 16.6 Å². The Bertz CT molecular complexity index is 1060. The number of aromatic amines is 1. The van der Waals surface area contributed by atoms with Gasteiger partial charge in [-0.3, -0.25) is 4.90 Å². The minimum absolute atomic E-state index is 0.438. The maximum atomic E-state index is 13.1. The lowest BCUT2D eigenvalue weighted by atomic mass is 10.1. The van der Waals surface area contributed by atoms with Crippen molar-refractivity contribution >= 4 is 20.9 Å². The quantitative estimate of drug-likeness (QED) is 0.752. The number of benzene rings is 2. The second-order valence-corrected chi connectivity index (χ2v) is 9.22. The molecule has 1 aliphatic heterocycles. The smallest absolute Gasteiger partial charge is 0.243 e. The Hall–Kier alpha value is -2.15. The van der Waals surface area contributed by atoms with Gasteiger partial charge in [-0.2, -0.15) is 4.31 Å². The molecule has 0 bridgehead atoms. The van der Waals surface area contributed by atoms with Crippen LogP contribution in [0.5, 0.6) is 0 Å². The van der Waals surface area contributed by atoms with Gasteiger partial charge in [0.05, 0.1) is 4.90 Å². The maximum Gasteiger partial charge on any atom is 0.243 e. The molecule has 0 radical (unpaired) electrons. The van der Waals surface area contributed by atoms with Gasteiger partial charge in [0.2, 0.25) is 10.0 Å². The van der Waals surface area contributed by atoms with Crippen LogP contribution in [0.25, 0.3) is 10.9 Å². The molecule has 0 aliphatic carbocycles. The summed E-state index contributed by atoms with van der Waals surface area (Å²) in [4.78, 5) is 6.07. The monoisotopic (exact) mass is 383 g/mol. The normalized spacial score (nSPS) is 16.8. The third-order valence-electron chi connectivity index (χ3n) is 5.36. The van der Waals surface area contributed by atoms with Crippen LogP contribution in [0.2, 0.25) is 0 Å². The van der Waals surface area contributed by atoms with Crippen molar-refractivity contribution in [1.29, 1.82) is 0 Å². The summed E-state index contributed by atoms with van der Waals surface area (Å²) in [6, 6.07) is 13.9. The van der Waals surface area contributed by atoms with Crippen molar-refractivity contribution < 1.29 is 8.42 Å². The molecule has 142 valence electrons. The van der Waals surface area contributed by atoms with Gasteiger partial charge in [-0.15, -0.1) is 0 Å². The minimum Gasteiger partial charge on any atom is -0.361 e. The lowest BCUT2D eigenvalue weighted by molar-refractivity contribution is 0.182. The van der Waals surface area contributed by atoms with E-state index in [1.807, 2.05) is 38.1 Å². The van der Waals surface area contributed by atoms with Crippen LogP contribution in [-0.4, -0.2) is 48.8 Å². The second kappa shape index (κ2) is 7.11. The summed E-state index contributed by atoms with van der Waals surface area (Å²) in [6.45, 7) is 7.15. The Morgan fingerprint density at radius 1 is 1.00 bits per heavy atom. The fourth-order valence-corrected chi connectivity index (χ4v) is 5.49. The van der Waals surface area contributed by atoms with Crippen molar-refractivity contribution in [3.05, 3.63) is 65.4 Å². The highest BCUT2D eigenvalue weighted by Gasteiger charge is 2.29. The number of nitrogens with one attached hydrogen (secondary N) is 1. The van der Waals surface area contributed by atoms with Crippen LogP contribution in [0.1, 0.15) is 16.7 Å². The number of sulfonamides is 1. The summed E-state index contributed by atoms with van der Waals surface area (Å²) < 4.78 is 27.7. The molecule has 3 aromatic rings. The minimum atomic E-state index is -3.43. The number of piperazine rings is 1. The third-order valence-corrected chi connectivity index (χ3v) is 7.40. The summed E-state index contributed by atoms with van der Waals surface area (Å²) in [5.41, 5.74) is 4.18. The van der Waals surface area contributed by atoms with E-state index in [0.717, 1.165) is 36.3 Å². The molecule has 0 saturated carbocycles. The number of para-hydroxylation sites is 1. The van der Waals surface area contributed by atoms with E-state index in [4.69, 9.17) is 0 Å². The van der Waals surface area contributed by atoms with Gasteiger partial charge in [0.25, 0.3) is 0 Å². The van der Waals surface area contributed by atoms with Gasteiger partial charge in [-0.1, -0.05) is 30.3 Å². The molecule has 1 N–H and O–H groups in total. The average molecular weight is 384 g/mol. The van der Waals surface area contributed by atoms with Crippen molar-refractivity contribution in [3.8, 4) is 0 Å². The van der Waals surface area contributed by atoms with Crippen molar-refractivity contribution in [2.24, 2.45) is 0 Å². The van der Waals surface area contributed by atoms with Crippen molar-refractivity contribution in [3.63, 3.8) is 0 Å². The van der Waals surface area contributed by atoms with Crippen LogP contribution in [0.15, 0.2) is 53.6 Å². The van der Waals surface area contributed by atoms with Gasteiger partial charge in [0.1, 0.15) is 0 Å². The Morgan fingerprint density at radius 2 is 1.74 bits per heavy atom. The zero-order valence-corrected chi connectivity index (χ0v) is 16.6. The lowest BCUT2D eigenvalue weighted by Gasteiger charge is -2.34. The molecule has 1 aromatic heterocycles. The van der Waals surface area contributed by atoms with Crippen molar-refractivity contribution in [2.45, 2.75) is 25.3 Å². The van der Waals surface area contributed by atoms with Gasteiger partial charge in [0, 0.05) is 49.8 Å². The molecular formula is C21H25N3O2S. The first-order chi connectivity index (χ1) is 12.9. The Kier molecular flexibility index (Phi) is 4.80. The van der Waals surface area contributed by atoms with E-state index in [0.29, 0.717) is 18.0 Å². The van der Waals surface area contributed by atoms with Gasteiger partial charge < -0.3 is 4.98 Å². The van der Waals surface area contributed by atoms with Gasteiger partial charge in [-0.05, 0) is 42.7 Å². The molecule has 0 spiro atoms. The molecule has 0 unspecified atom stereocenters. The van der Waals surface area contributed by atoms with E-state index in [9.17, 15) is 8.42 Å². The van der Waals surface area contributed by atoms with E-state index < -0.39 is 10.0 Å². The molecule has 2 aromatic carbocycles. The van der Waals surface area contributed by atoms with Crippen LogP contribution in [0.3, 0.4) is 0 Å². The molecule has 4 rings (SSSR count). The highest BCUT2D eigenvalue weighted by Crippen LogP contribution is 2.24. The zero-order chi connectivity index (χ0) is 19.0. The predicted octanol–water partition coefficient (Wildman–Crippen LogP) is 3.29. The molecule has 1 aliphatic rings. The molecule has 6 heteroatoms. The number of aromatic nitrogens is 1. The van der Waals surface area contributed by atoms with Crippen LogP contribution >= 0.6 is 0 Å². The van der Waals surface area contributed by atoms with E-state index in [1.165, 1.54) is 10.9 Å². The first kappa shape index (κ1) is 18.2. The van der Waals surface area contributed by atoms with Gasteiger partial charge >= 0.3 is 0 Å². The third kappa shape index (κ3) is 3.52. The molecule has 1 saturated heterocycles. The summed E-state index contributed by atoms with van der Waals surface area (Å²) in [5.74, 6) is 0. The highest BCUT2D eigenvalue weighted by atomic mass is 32.2. The first-order valence-corrected chi connectivity index (χ1v) is 10.7. The fourth-order valence-electron chi connectivity index (χ4n) is 3.76. The van der Waals surface area contributed by atoms with E-state index in [1.54, 1.807) is 10.4 Å². The number of rotatable bonds is 4. The predicted molar refractivity (Wildman–Crippen MR) is 108 cm³/mol. The number of aryl methyl sites for hydroxylation is 2. The van der Waals surface area contributed by atoms with Crippen molar-refractivity contribution in [1.82, 2.24) is 14.2 Å². The van der Waals surface area contributed by atoms with Gasteiger partial charge in [-0.25, -0.2) is 8.42 Å². The highest BCUT2D eigenvalue weighted by molar-refractivity contribution is 7.89. The zero-order valence-electron chi connectivity index (χ0n) is 15.8. The van der Waals surface area contributed by atoms with E-state index in [2.05, 4.69) is 28.2 Å². The molecule has 5 nitrogen and oxygen atoms in total. The van der Waals surface area contributed by atoms with E-state index >= 15 is 0 Å². The Balaban J connectivity index is 1.46. The van der Waals surface area contributed by atoms with Crippen LogP contribution < -0.4 is 0 Å². The molecular weight excluding hydrogens is 358 g/mol. The number of hydrogen-bond donors (Lipinski definition) is 1. The first-order valence-electron chi connectivity index (χ1n) is 9.30. The fraction of sp³-hybridized carbons (Fsp3) is 0.333. The summed E-state index contributed by atoms with van der Waals surface area (Å²) in [7, 11) is -3.43. The van der Waals surface area contributed by atoms with Crippen LogP contribution in [0.4, 0.5) is 0 Å².